The molecule has 0 fully saturated rings. The molecule has 0 bridgehead atoms. The number of nitro groups is 1. The van der Waals surface area contributed by atoms with E-state index in [4.69, 9.17) is 9.72 Å². The number of aromatic nitrogens is 4. The van der Waals surface area contributed by atoms with E-state index in [2.05, 4.69) is 9.67 Å². The molecule has 3 aliphatic heterocycles. The van der Waals surface area contributed by atoms with Crippen molar-refractivity contribution < 1.29 is 9.66 Å². The Balaban J connectivity index is 1.59. The monoisotopic (exact) mass is 477 g/mol. The highest BCUT2D eigenvalue weighted by Gasteiger charge is 2.27. The Morgan fingerprint density at radius 3 is 2.74 bits per heavy atom. The predicted octanol–water partition coefficient (Wildman–Crippen LogP) is 4.47. The van der Waals surface area contributed by atoms with E-state index in [1.54, 1.807) is 13.2 Å². The maximum Gasteiger partial charge on any atom is 0.284 e. The van der Waals surface area contributed by atoms with Gasteiger partial charge in [-0.05, 0) is 37.5 Å². The van der Waals surface area contributed by atoms with E-state index in [0.29, 0.717) is 34.1 Å². The number of fused-ring (bicyclic) bond motifs is 3. The molecule has 174 valence electrons. The third kappa shape index (κ3) is 4.05. The van der Waals surface area contributed by atoms with Gasteiger partial charge in [0.25, 0.3) is 11.2 Å². The molecule has 3 heterocycles. The summed E-state index contributed by atoms with van der Waals surface area (Å²) in [5, 5.41) is 16.6. The summed E-state index contributed by atoms with van der Waals surface area (Å²) in [4.78, 5) is 29.0. The number of para-hydroxylation sites is 1. The molecule has 0 saturated heterocycles. The van der Waals surface area contributed by atoms with E-state index in [-0.39, 0.29) is 11.2 Å². The Hall–Kier alpha value is -3.66. The Labute approximate surface area is 199 Å². The molecule has 0 spiro atoms. The van der Waals surface area contributed by atoms with Gasteiger partial charge in [-0.25, -0.2) is 4.98 Å². The maximum absolute atomic E-state index is 13.3. The summed E-state index contributed by atoms with van der Waals surface area (Å²) in [7, 11) is 1.55. The zero-order valence-corrected chi connectivity index (χ0v) is 19.5. The van der Waals surface area contributed by atoms with E-state index in [0.717, 1.165) is 43.1 Å². The lowest BCUT2D eigenvalue weighted by atomic mass is 10.1. The fraction of sp³-hybridized carbons (Fsp3) is 0.292. The molecule has 0 atom stereocenters. The van der Waals surface area contributed by atoms with E-state index >= 15 is 0 Å². The van der Waals surface area contributed by atoms with Crippen LogP contribution in [0.3, 0.4) is 0 Å². The molecule has 34 heavy (non-hydrogen) atoms. The van der Waals surface area contributed by atoms with Crippen molar-refractivity contribution in [3.05, 3.63) is 80.3 Å². The van der Waals surface area contributed by atoms with Gasteiger partial charge in [0.05, 0.1) is 17.7 Å². The van der Waals surface area contributed by atoms with Crippen molar-refractivity contribution in [2.75, 3.05) is 7.11 Å². The van der Waals surface area contributed by atoms with E-state index in [9.17, 15) is 14.9 Å². The van der Waals surface area contributed by atoms with Gasteiger partial charge in [0, 0.05) is 35.7 Å². The Bertz CT molecular complexity index is 1380. The summed E-state index contributed by atoms with van der Waals surface area (Å²) < 4.78 is 8.96. The molecule has 3 aliphatic rings. The lowest BCUT2D eigenvalue weighted by Crippen LogP contribution is -2.19. The molecule has 0 N–H and O–H groups in total. The van der Waals surface area contributed by atoms with Gasteiger partial charge in [-0.2, -0.15) is 4.68 Å². The zero-order valence-electron chi connectivity index (χ0n) is 18.6. The summed E-state index contributed by atoms with van der Waals surface area (Å²) in [6, 6.07) is 13.9. The first kappa shape index (κ1) is 22.1. The molecule has 0 aliphatic carbocycles. The van der Waals surface area contributed by atoms with Crippen molar-refractivity contribution in [3.8, 4) is 22.8 Å². The third-order valence-corrected chi connectivity index (χ3v) is 7.02. The second-order valence-corrected chi connectivity index (χ2v) is 9.04. The second kappa shape index (κ2) is 9.30. The number of nitrogens with zero attached hydrogens (tertiary/aromatic N) is 5. The van der Waals surface area contributed by atoms with Crippen molar-refractivity contribution in [1.29, 1.82) is 0 Å². The first-order valence-electron chi connectivity index (χ1n) is 11.1. The summed E-state index contributed by atoms with van der Waals surface area (Å²) >= 11 is 1.47. The van der Waals surface area contributed by atoms with Crippen LogP contribution in [0.15, 0.2) is 58.5 Å². The minimum absolute atomic E-state index is 0.0175. The third-order valence-electron chi connectivity index (χ3n) is 6.00. The topological polar surface area (TPSA) is 105 Å². The van der Waals surface area contributed by atoms with Gasteiger partial charge < -0.3 is 9.30 Å². The van der Waals surface area contributed by atoms with Crippen LogP contribution in [-0.2, 0) is 18.7 Å². The number of ether oxygens (including phenoxy) is 1. The molecule has 10 heteroatoms. The number of methoxy groups -OCH3 is 1. The van der Waals surface area contributed by atoms with Crippen LogP contribution in [0.2, 0.25) is 0 Å². The number of thioether (sulfide) groups is 1. The molecule has 5 rings (SSSR count). The van der Waals surface area contributed by atoms with Gasteiger partial charge in [0.1, 0.15) is 11.3 Å². The molecule has 0 radical (unpaired) electrons. The Kier molecular flexibility index (Phi) is 6.06. The van der Waals surface area contributed by atoms with Crippen LogP contribution >= 0.6 is 11.8 Å². The SMILES string of the molecule is COc1ccc([N+](=O)[O-])cc1CSc1nc2nn(-c3ccccc3)c(=O)c-2c2n1CCCCC2. The largest absolute Gasteiger partial charge is 0.496 e. The molecule has 0 saturated carbocycles. The van der Waals surface area contributed by atoms with Crippen molar-refractivity contribution >= 4 is 17.4 Å². The highest BCUT2D eigenvalue weighted by molar-refractivity contribution is 7.98. The van der Waals surface area contributed by atoms with Gasteiger partial charge in [-0.3, -0.25) is 14.9 Å². The van der Waals surface area contributed by atoms with Crippen LogP contribution in [0.5, 0.6) is 5.75 Å². The van der Waals surface area contributed by atoms with E-state index in [1.165, 1.54) is 28.6 Å². The van der Waals surface area contributed by atoms with Crippen LogP contribution in [0.4, 0.5) is 5.69 Å². The summed E-state index contributed by atoms with van der Waals surface area (Å²) in [5.41, 5.74) is 2.81. The number of hydrogen-bond donors (Lipinski definition) is 0. The summed E-state index contributed by atoms with van der Waals surface area (Å²) in [6.07, 6.45) is 3.85. The van der Waals surface area contributed by atoms with Gasteiger partial charge in [-0.15, -0.1) is 5.10 Å². The van der Waals surface area contributed by atoms with Crippen molar-refractivity contribution in [2.24, 2.45) is 0 Å². The Morgan fingerprint density at radius 1 is 1.15 bits per heavy atom. The van der Waals surface area contributed by atoms with Gasteiger partial charge in [-0.1, -0.05) is 36.4 Å². The number of benzene rings is 2. The minimum Gasteiger partial charge on any atom is -0.496 e. The molecule has 9 nitrogen and oxygen atoms in total. The predicted molar refractivity (Wildman–Crippen MR) is 129 cm³/mol. The highest BCUT2D eigenvalue weighted by atomic mass is 32.2. The smallest absolute Gasteiger partial charge is 0.284 e. The standard InChI is InChI=1S/C24H23N5O4S/c1-33-20-12-11-18(29(31)32)14-16(20)15-34-24-25-22-21(19-10-6-3-7-13-27(19)24)23(30)28(26-22)17-8-4-2-5-9-17/h2,4-5,8-9,11-12,14H,3,6-7,10,13,15H2,1H3. The van der Waals surface area contributed by atoms with Gasteiger partial charge in [0.2, 0.25) is 0 Å². The first-order valence-corrected chi connectivity index (χ1v) is 12.1. The molecule has 2 aromatic rings. The maximum atomic E-state index is 13.3. The lowest BCUT2D eigenvalue weighted by molar-refractivity contribution is -0.384. The highest BCUT2D eigenvalue weighted by Crippen LogP contribution is 2.34. The average Bonchev–Trinajstić information content (AvgIpc) is 3.02. The average molecular weight is 478 g/mol. The van der Waals surface area contributed by atoms with Crippen LogP contribution in [-0.4, -0.2) is 31.4 Å². The quantitative estimate of drug-likeness (QED) is 0.175. The second-order valence-electron chi connectivity index (χ2n) is 8.10. The molecule has 2 aromatic carbocycles. The van der Waals surface area contributed by atoms with Gasteiger partial charge >= 0.3 is 0 Å². The normalized spacial score (nSPS) is 13.4. The fourth-order valence-electron chi connectivity index (χ4n) is 4.34. The van der Waals surface area contributed by atoms with Crippen molar-refractivity contribution in [3.63, 3.8) is 0 Å². The van der Waals surface area contributed by atoms with Crippen molar-refractivity contribution in [1.82, 2.24) is 19.3 Å². The van der Waals surface area contributed by atoms with Crippen molar-refractivity contribution in [2.45, 2.75) is 43.1 Å². The van der Waals surface area contributed by atoms with E-state index < -0.39 is 4.92 Å². The molecular weight excluding hydrogens is 454 g/mol. The molecular formula is C24H23N5O4S. The molecule has 0 aromatic heterocycles. The number of hydrogen-bond acceptors (Lipinski definition) is 7. The van der Waals surface area contributed by atoms with Gasteiger partial charge in [0.15, 0.2) is 11.0 Å². The van der Waals surface area contributed by atoms with Crippen LogP contribution in [0.1, 0.15) is 30.5 Å². The Morgan fingerprint density at radius 2 is 1.97 bits per heavy atom. The number of nitro benzene ring substituents is 1. The van der Waals surface area contributed by atoms with Crippen LogP contribution < -0.4 is 10.3 Å². The van der Waals surface area contributed by atoms with Crippen LogP contribution in [0, 0.1) is 10.1 Å². The lowest BCUT2D eigenvalue weighted by Gasteiger charge is -2.18. The van der Waals surface area contributed by atoms with Crippen LogP contribution in [0.25, 0.3) is 17.1 Å². The zero-order chi connectivity index (χ0) is 23.7. The molecule has 0 unspecified atom stereocenters. The number of rotatable bonds is 6. The summed E-state index contributed by atoms with van der Waals surface area (Å²) in [6.45, 7) is 0.767. The minimum atomic E-state index is -0.412. The summed E-state index contributed by atoms with van der Waals surface area (Å²) in [5.74, 6) is 1.45. The molecule has 0 amide bonds. The number of non-ortho nitro benzene ring substituents is 1. The fourth-order valence-corrected chi connectivity index (χ4v) is 5.36. The first-order chi connectivity index (χ1) is 16.6. The van der Waals surface area contributed by atoms with E-state index in [1.807, 2.05) is 30.3 Å².